The average molecular weight is 449 g/mol. The molecule has 0 aliphatic carbocycles. The lowest BCUT2D eigenvalue weighted by Crippen LogP contribution is -2.38. The lowest BCUT2D eigenvalue weighted by Gasteiger charge is -2.31. The third-order valence-electron chi connectivity index (χ3n) is 5.94. The van der Waals surface area contributed by atoms with Gasteiger partial charge in [0.05, 0.1) is 5.69 Å². The van der Waals surface area contributed by atoms with E-state index >= 15 is 0 Å². The van der Waals surface area contributed by atoms with Crippen molar-refractivity contribution in [2.45, 2.75) is 25.4 Å². The fourth-order valence-electron chi connectivity index (χ4n) is 4.18. The highest BCUT2D eigenvalue weighted by Gasteiger charge is 2.27. The van der Waals surface area contributed by atoms with Gasteiger partial charge in [-0.2, -0.15) is 5.10 Å². The smallest absolute Gasteiger partial charge is 0.253 e. The quantitative estimate of drug-likeness (QED) is 0.471. The second-order valence-electron chi connectivity index (χ2n) is 8.03. The van der Waals surface area contributed by atoms with Crippen LogP contribution in [0.3, 0.4) is 0 Å². The van der Waals surface area contributed by atoms with Crippen LogP contribution in [0, 0.1) is 4.77 Å². The molecular weight excluding hydrogens is 424 g/mol. The lowest BCUT2D eigenvalue weighted by molar-refractivity contribution is 0.0710. The maximum atomic E-state index is 13.1. The van der Waals surface area contributed by atoms with Gasteiger partial charge in [0, 0.05) is 44.0 Å². The molecule has 1 amide bonds. The van der Waals surface area contributed by atoms with E-state index in [9.17, 15) is 4.79 Å². The first kappa shape index (κ1) is 20.4. The van der Waals surface area contributed by atoms with E-state index in [1.807, 2.05) is 69.7 Å². The van der Waals surface area contributed by atoms with Crippen molar-refractivity contribution in [2.24, 2.45) is 7.05 Å². The minimum atomic E-state index is 0.0250. The molecule has 0 saturated carbocycles. The minimum Gasteiger partial charge on any atom is -0.487 e. The zero-order chi connectivity index (χ0) is 22.1. The number of likely N-dealkylation sites (tertiary alicyclic amines) is 1. The van der Waals surface area contributed by atoms with Gasteiger partial charge in [0.2, 0.25) is 0 Å². The molecule has 164 valence electrons. The Hall–Kier alpha value is -3.46. The summed E-state index contributed by atoms with van der Waals surface area (Å²) in [6, 6.07) is 13.2. The van der Waals surface area contributed by atoms with E-state index in [-0.39, 0.29) is 5.91 Å². The number of hydrogen-bond acceptors (Lipinski definition) is 5. The number of piperidine rings is 1. The highest BCUT2D eigenvalue weighted by molar-refractivity contribution is 7.71. The van der Waals surface area contributed by atoms with Crippen molar-refractivity contribution >= 4 is 23.8 Å². The topological polar surface area (TPSA) is 80.4 Å². The van der Waals surface area contributed by atoms with Crippen LogP contribution in [-0.2, 0) is 13.7 Å². The largest absolute Gasteiger partial charge is 0.487 e. The Morgan fingerprint density at radius 3 is 2.81 bits per heavy atom. The van der Waals surface area contributed by atoms with Crippen LogP contribution in [0.1, 0.15) is 40.6 Å². The van der Waals surface area contributed by atoms with E-state index < -0.39 is 0 Å². The van der Waals surface area contributed by atoms with Gasteiger partial charge in [0.15, 0.2) is 4.77 Å². The molecule has 4 heterocycles. The second kappa shape index (κ2) is 8.58. The molecule has 1 N–H and O–H groups in total. The molecule has 5 rings (SSSR count). The van der Waals surface area contributed by atoms with E-state index in [1.165, 1.54) is 0 Å². The Labute approximate surface area is 190 Å². The molecular formula is C23H24N6O2S. The zero-order valence-electron chi connectivity index (χ0n) is 17.8. The summed E-state index contributed by atoms with van der Waals surface area (Å²) >= 11 is 5.22. The number of imidazole rings is 1. The molecule has 32 heavy (non-hydrogen) atoms. The third kappa shape index (κ3) is 4.03. The van der Waals surface area contributed by atoms with Crippen LogP contribution in [0.5, 0.6) is 5.75 Å². The summed E-state index contributed by atoms with van der Waals surface area (Å²) in [6.07, 6.45) is 5.63. The van der Waals surface area contributed by atoms with Gasteiger partial charge in [-0.1, -0.05) is 12.1 Å². The second-order valence-corrected chi connectivity index (χ2v) is 8.41. The summed E-state index contributed by atoms with van der Waals surface area (Å²) in [5, 5.41) is 7.20. The van der Waals surface area contributed by atoms with Crippen molar-refractivity contribution in [1.29, 1.82) is 0 Å². The van der Waals surface area contributed by atoms with Crippen LogP contribution in [0.2, 0.25) is 0 Å². The van der Waals surface area contributed by atoms with Crippen molar-refractivity contribution in [1.82, 2.24) is 29.0 Å². The number of amides is 1. The first-order valence-corrected chi connectivity index (χ1v) is 11.1. The first-order chi connectivity index (χ1) is 15.6. The molecule has 9 heteroatoms. The van der Waals surface area contributed by atoms with Gasteiger partial charge in [-0.3, -0.25) is 9.89 Å². The number of ether oxygens (including phenoxy) is 1. The Morgan fingerprint density at radius 2 is 2.06 bits per heavy atom. The fraction of sp³-hybridized carbons (Fsp3) is 0.304. The summed E-state index contributed by atoms with van der Waals surface area (Å²) < 4.78 is 10.4. The van der Waals surface area contributed by atoms with Crippen LogP contribution in [-0.4, -0.2) is 48.0 Å². The van der Waals surface area contributed by atoms with Crippen molar-refractivity contribution in [3.8, 4) is 5.75 Å². The molecule has 3 aromatic heterocycles. The van der Waals surface area contributed by atoms with Gasteiger partial charge in [0.25, 0.3) is 5.91 Å². The molecule has 0 spiro atoms. The predicted molar refractivity (Wildman–Crippen MR) is 122 cm³/mol. The normalized spacial score (nSPS) is 14.7. The number of nitrogens with one attached hydrogen (secondary N) is 1. The molecule has 0 atom stereocenters. The molecule has 0 bridgehead atoms. The molecule has 8 nitrogen and oxygen atoms in total. The summed E-state index contributed by atoms with van der Waals surface area (Å²) in [6.45, 7) is 1.72. The number of carbonyl (C=O) groups is 1. The van der Waals surface area contributed by atoms with Crippen LogP contribution < -0.4 is 4.74 Å². The van der Waals surface area contributed by atoms with Crippen LogP contribution in [0.4, 0.5) is 0 Å². The van der Waals surface area contributed by atoms with E-state index in [4.69, 9.17) is 17.0 Å². The molecule has 0 radical (unpaired) electrons. The Bertz CT molecular complexity index is 1280. The van der Waals surface area contributed by atoms with Gasteiger partial charge >= 0.3 is 0 Å². The van der Waals surface area contributed by atoms with Crippen LogP contribution in [0.15, 0.2) is 54.9 Å². The molecule has 4 aromatic rings. The predicted octanol–water partition coefficient (Wildman–Crippen LogP) is 3.72. The number of carbonyl (C=O) groups excluding carboxylic acids is 1. The fourth-order valence-corrected chi connectivity index (χ4v) is 4.32. The minimum absolute atomic E-state index is 0.0250. The van der Waals surface area contributed by atoms with Gasteiger partial charge in [-0.15, -0.1) is 0 Å². The molecule has 1 aliphatic rings. The third-order valence-corrected chi connectivity index (χ3v) is 6.31. The molecule has 1 aliphatic heterocycles. The molecule has 1 fully saturated rings. The van der Waals surface area contributed by atoms with Crippen LogP contribution in [0.25, 0.3) is 5.65 Å². The van der Waals surface area contributed by atoms with Crippen LogP contribution >= 0.6 is 12.2 Å². The number of aromatic amines is 1. The zero-order valence-corrected chi connectivity index (χ0v) is 18.6. The highest BCUT2D eigenvalue weighted by Crippen LogP contribution is 2.27. The van der Waals surface area contributed by atoms with E-state index in [0.29, 0.717) is 41.7 Å². The number of H-pyrrole nitrogens is 1. The number of rotatable bonds is 5. The van der Waals surface area contributed by atoms with Gasteiger partial charge in [-0.05, 0) is 55.4 Å². The SMILES string of the molecule is Cn1c(C2CCN(C(=O)c3cccc(OCc4cn5ccccc5n4)c3)CC2)n[nH]c1=S. The number of aromatic nitrogens is 5. The first-order valence-electron chi connectivity index (χ1n) is 10.6. The summed E-state index contributed by atoms with van der Waals surface area (Å²) in [5.41, 5.74) is 2.35. The molecule has 1 aromatic carbocycles. The average Bonchev–Trinajstić information content (AvgIpc) is 3.40. The summed E-state index contributed by atoms with van der Waals surface area (Å²) in [4.78, 5) is 19.5. The Morgan fingerprint density at radius 1 is 1.22 bits per heavy atom. The summed E-state index contributed by atoms with van der Waals surface area (Å²) in [7, 11) is 1.93. The number of hydrogen-bond donors (Lipinski definition) is 1. The Kier molecular flexibility index (Phi) is 5.48. The van der Waals surface area contributed by atoms with Crippen molar-refractivity contribution < 1.29 is 9.53 Å². The summed E-state index contributed by atoms with van der Waals surface area (Å²) in [5.74, 6) is 1.95. The van der Waals surface area contributed by atoms with Crippen molar-refractivity contribution in [3.63, 3.8) is 0 Å². The Balaban J connectivity index is 1.21. The van der Waals surface area contributed by atoms with Crippen molar-refractivity contribution in [2.75, 3.05) is 13.1 Å². The van der Waals surface area contributed by atoms with E-state index in [0.717, 1.165) is 30.0 Å². The molecule has 1 saturated heterocycles. The monoisotopic (exact) mass is 448 g/mol. The van der Waals surface area contributed by atoms with Gasteiger partial charge in [-0.25, -0.2) is 4.98 Å². The number of nitrogens with zero attached hydrogens (tertiary/aromatic N) is 5. The van der Waals surface area contributed by atoms with Gasteiger partial charge < -0.3 is 18.6 Å². The number of benzene rings is 1. The number of pyridine rings is 1. The standard InChI is InChI=1S/C23H24N6O2S/c1-27-21(25-26-23(27)32)16-8-11-28(12-9-16)22(30)17-5-4-6-19(13-17)31-15-18-14-29-10-3-2-7-20(29)24-18/h2-7,10,13-14,16H,8-9,11-12,15H2,1H3,(H,26,32). The van der Waals surface area contributed by atoms with Gasteiger partial charge in [0.1, 0.15) is 23.8 Å². The number of fused-ring (bicyclic) bond motifs is 1. The molecule has 0 unspecified atom stereocenters. The maximum absolute atomic E-state index is 13.1. The van der Waals surface area contributed by atoms with E-state index in [2.05, 4.69) is 15.2 Å². The highest BCUT2D eigenvalue weighted by atomic mass is 32.1. The van der Waals surface area contributed by atoms with E-state index in [1.54, 1.807) is 6.07 Å². The lowest BCUT2D eigenvalue weighted by atomic mass is 9.95. The maximum Gasteiger partial charge on any atom is 0.253 e. The van der Waals surface area contributed by atoms with Crippen molar-refractivity contribution in [3.05, 3.63) is 76.7 Å².